The third kappa shape index (κ3) is 9.31. The Hall–Kier alpha value is -8.35. The number of aromatic nitrogens is 4. The second kappa shape index (κ2) is 20.8. The van der Waals surface area contributed by atoms with E-state index in [9.17, 15) is 18.4 Å². The topological polar surface area (TPSA) is 72.6 Å². The SMILES string of the molecule is CC(C)c1cc(-c2ccccc2)cc(C(C)C)c1-n1c(-c2[c-]ccc3c2oc2cc(-c4ccccc4)c(C#N)cc23)nc2ccccc21.Cc1cccc(C)c1-n1c(-c2[c-]cc(C(F)(F)F)cc2)nc2ccccc21.[Ir]. The largest absolute Gasteiger partial charge is 0.501 e. The molecule has 6 nitrogen and oxygen atoms in total. The van der Waals surface area contributed by atoms with Crippen LogP contribution in [0.5, 0.6) is 0 Å². The van der Waals surface area contributed by atoms with Gasteiger partial charge in [-0.05, 0) is 119 Å². The number of nitrogens with zero attached hydrogens (tertiary/aromatic N) is 5. The van der Waals surface area contributed by atoms with Crippen LogP contribution >= 0.6 is 0 Å². The van der Waals surface area contributed by atoms with Crippen molar-refractivity contribution in [3.05, 3.63) is 228 Å². The average Bonchev–Trinajstić information content (AvgIpc) is 4.14. The van der Waals surface area contributed by atoms with E-state index >= 15 is 0 Å². The maximum atomic E-state index is 12.9. The Balaban J connectivity index is 0.000000199. The number of hydrogen-bond donors (Lipinski definition) is 0. The Labute approximate surface area is 453 Å². The number of hydrogen-bond acceptors (Lipinski definition) is 4. The maximum Gasteiger partial charge on any atom is 0.381 e. The third-order valence-electron chi connectivity index (χ3n) is 13.9. The third-order valence-corrected chi connectivity index (χ3v) is 13.9. The average molecular weight is 1180 g/mol. The van der Waals surface area contributed by atoms with E-state index in [4.69, 9.17) is 9.40 Å². The molecule has 0 bridgehead atoms. The van der Waals surface area contributed by atoms with Gasteiger partial charge in [-0.2, -0.15) is 18.4 Å². The van der Waals surface area contributed by atoms with Crippen LogP contribution in [0.1, 0.15) is 72.9 Å². The molecule has 0 fully saturated rings. The summed E-state index contributed by atoms with van der Waals surface area (Å²) in [5, 5.41) is 12.0. The molecule has 0 saturated heterocycles. The zero-order valence-corrected chi connectivity index (χ0v) is 45.0. The minimum atomic E-state index is -4.39. The van der Waals surface area contributed by atoms with Crippen molar-refractivity contribution >= 4 is 44.0 Å². The van der Waals surface area contributed by atoms with Crippen molar-refractivity contribution in [1.82, 2.24) is 19.1 Å². The molecule has 0 aliphatic carbocycles. The van der Waals surface area contributed by atoms with Crippen molar-refractivity contribution in [3.63, 3.8) is 0 Å². The van der Waals surface area contributed by atoms with E-state index in [1.54, 1.807) is 0 Å². The molecule has 3 heterocycles. The molecule has 76 heavy (non-hydrogen) atoms. The van der Waals surface area contributed by atoms with E-state index in [0.29, 0.717) is 22.5 Å². The zero-order chi connectivity index (χ0) is 52.1. The number of para-hydroxylation sites is 5. The summed E-state index contributed by atoms with van der Waals surface area (Å²) in [6.45, 7) is 13.1. The van der Waals surface area contributed by atoms with E-state index in [1.165, 1.54) is 28.3 Å². The van der Waals surface area contributed by atoms with Crippen molar-refractivity contribution in [1.29, 1.82) is 5.26 Å². The van der Waals surface area contributed by atoms with Gasteiger partial charge in [0, 0.05) is 42.4 Å². The summed E-state index contributed by atoms with van der Waals surface area (Å²) < 4.78 is 49.7. The first-order chi connectivity index (χ1) is 36.3. The number of fused-ring (bicyclic) bond motifs is 5. The normalized spacial score (nSPS) is 11.6. The van der Waals surface area contributed by atoms with E-state index < -0.39 is 11.7 Å². The van der Waals surface area contributed by atoms with Gasteiger partial charge in [0.05, 0.1) is 50.9 Å². The molecule has 12 rings (SSSR count). The van der Waals surface area contributed by atoms with Crippen molar-refractivity contribution in [3.8, 4) is 62.5 Å². The summed E-state index contributed by atoms with van der Waals surface area (Å²) in [6, 6.07) is 67.4. The number of nitriles is 1. The van der Waals surface area contributed by atoms with Crippen LogP contribution in [0, 0.1) is 37.3 Å². The minimum Gasteiger partial charge on any atom is -0.501 e. The number of imidazole rings is 2. The molecular formula is C66H50F3IrN5O-2. The standard InChI is InChI=1S/C44H34N3O.C22H16F3N2.Ir/c1-27(2)35-22-31(29-14-7-5-8-15-29)23-36(28(3)4)42(35)47-40-21-12-11-20-39(40)46-44(47)34-19-13-18-33-38-24-32(26-45)37(25-41(38)48-43(33)34)30-16-9-6-10-17-30;1-14-6-5-7-15(2)20(14)27-19-9-4-3-8-18(19)26-21(27)16-10-12-17(13-11-16)22(23,24)25;/h5-18,20-25,27-28H,1-4H3;3-10,12-13H,1-2H3;/q2*-1;. The van der Waals surface area contributed by atoms with E-state index in [1.807, 2.05) is 122 Å². The van der Waals surface area contributed by atoms with Gasteiger partial charge in [-0.1, -0.05) is 142 Å². The molecule has 1 radical (unpaired) electrons. The number of furan rings is 1. The van der Waals surface area contributed by atoms with Crippen LogP contribution in [0.3, 0.4) is 0 Å². The molecule has 0 aliphatic heterocycles. The molecule has 377 valence electrons. The van der Waals surface area contributed by atoms with Crippen LogP contribution in [0.25, 0.3) is 100 Å². The predicted octanol–water partition coefficient (Wildman–Crippen LogP) is 18.0. The smallest absolute Gasteiger partial charge is 0.381 e. The monoisotopic (exact) mass is 1180 g/mol. The van der Waals surface area contributed by atoms with E-state index in [0.717, 1.165) is 95.6 Å². The van der Waals surface area contributed by atoms with Gasteiger partial charge in [0.2, 0.25) is 0 Å². The van der Waals surface area contributed by atoms with Gasteiger partial charge in [-0.3, -0.25) is 9.97 Å². The first kappa shape index (κ1) is 51.1. The van der Waals surface area contributed by atoms with Gasteiger partial charge in [0.25, 0.3) is 0 Å². The fourth-order valence-corrected chi connectivity index (χ4v) is 10.3. The van der Waals surface area contributed by atoms with Gasteiger partial charge in [-0.25, -0.2) is 0 Å². The van der Waals surface area contributed by atoms with Crippen molar-refractivity contribution in [2.45, 2.75) is 59.6 Å². The molecule has 0 saturated carbocycles. The summed E-state index contributed by atoms with van der Waals surface area (Å²) in [4.78, 5) is 9.96. The maximum absolute atomic E-state index is 12.9. The molecule has 3 aromatic heterocycles. The second-order valence-electron chi connectivity index (χ2n) is 19.5. The number of alkyl halides is 3. The van der Waals surface area contributed by atoms with Gasteiger partial charge in [0.1, 0.15) is 5.58 Å². The van der Waals surface area contributed by atoms with Crippen LogP contribution in [0.4, 0.5) is 13.2 Å². The first-order valence-electron chi connectivity index (χ1n) is 25.0. The Morgan fingerprint density at radius 1 is 0.579 bits per heavy atom. The molecule has 0 aliphatic rings. The molecule has 0 N–H and O–H groups in total. The number of benzene rings is 9. The van der Waals surface area contributed by atoms with Crippen LogP contribution in [0.15, 0.2) is 186 Å². The minimum absolute atomic E-state index is 0. The summed E-state index contributed by atoms with van der Waals surface area (Å²) in [5.74, 6) is 1.85. The number of rotatable bonds is 8. The van der Waals surface area contributed by atoms with Crippen LogP contribution in [0.2, 0.25) is 0 Å². The van der Waals surface area contributed by atoms with E-state index in [-0.39, 0.29) is 31.9 Å². The van der Waals surface area contributed by atoms with Gasteiger partial charge < -0.3 is 13.6 Å². The molecular weight excluding hydrogens is 1130 g/mol. The van der Waals surface area contributed by atoms with Gasteiger partial charge in [0.15, 0.2) is 0 Å². The molecule has 10 heteroatoms. The number of aryl methyl sites for hydroxylation is 2. The molecule has 12 aromatic rings. The Morgan fingerprint density at radius 2 is 1.14 bits per heavy atom. The fraction of sp³-hybridized carbons (Fsp3) is 0.136. The molecule has 0 spiro atoms. The fourth-order valence-electron chi connectivity index (χ4n) is 10.3. The number of halogens is 3. The molecule has 0 amide bonds. The van der Waals surface area contributed by atoms with Gasteiger partial charge >= 0.3 is 6.18 Å². The quantitative estimate of drug-likeness (QED) is 0.142. The Bertz CT molecular complexity index is 4100. The molecule has 9 aromatic carbocycles. The van der Waals surface area contributed by atoms with Crippen molar-refractivity contribution < 1.29 is 37.7 Å². The van der Waals surface area contributed by atoms with Crippen molar-refractivity contribution in [2.24, 2.45) is 0 Å². The van der Waals surface area contributed by atoms with Crippen LogP contribution in [-0.4, -0.2) is 19.1 Å². The summed E-state index contributed by atoms with van der Waals surface area (Å²) >= 11 is 0. The second-order valence-corrected chi connectivity index (χ2v) is 19.5. The molecule has 0 atom stereocenters. The predicted molar refractivity (Wildman–Crippen MR) is 296 cm³/mol. The van der Waals surface area contributed by atoms with E-state index in [2.05, 4.69) is 116 Å². The molecule has 0 unspecified atom stereocenters. The summed E-state index contributed by atoms with van der Waals surface area (Å²) in [7, 11) is 0. The first-order valence-corrected chi connectivity index (χ1v) is 25.0. The van der Waals surface area contributed by atoms with Crippen LogP contribution in [-0.2, 0) is 26.3 Å². The van der Waals surface area contributed by atoms with Crippen LogP contribution < -0.4 is 0 Å². The Morgan fingerprint density at radius 3 is 1.71 bits per heavy atom. The summed E-state index contributed by atoms with van der Waals surface area (Å²) in [5.41, 5.74) is 17.3. The van der Waals surface area contributed by atoms with Gasteiger partial charge in [-0.15, -0.1) is 48.0 Å². The van der Waals surface area contributed by atoms with Crippen molar-refractivity contribution in [2.75, 3.05) is 0 Å². The Kier molecular flexibility index (Phi) is 14.0. The summed E-state index contributed by atoms with van der Waals surface area (Å²) in [6.07, 6.45) is -4.39. The zero-order valence-electron chi connectivity index (χ0n) is 42.6.